The molecule has 0 heterocycles. The number of aliphatic carboxylic acids is 1. The Kier molecular flexibility index (Phi) is 6.07. The van der Waals surface area contributed by atoms with Gasteiger partial charge >= 0.3 is 5.97 Å². The second kappa shape index (κ2) is 7.34. The molecule has 96 valence electrons. The van der Waals surface area contributed by atoms with Gasteiger partial charge in [-0.3, -0.25) is 0 Å². The average Bonchev–Trinajstić information content (AvgIpc) is 2.35. The Labute approximate surface area is 104 Å². The molecule has 0 aromatic carbocycles. The van der Waals surface area contributed by atoms with E-state index in [4.69, 9.17) is 5.11 Å². The number of carboxylic acids is 1. The predicted octanol–water partition coefficient (Wildman–Crippen LogP) is 4.31. The Bertz CT molecular complexity index is 316. The van der Waals surface area contributed by atoms with Crippen LogP contribution in [0.4, 0.5) is 0 Å². The Morgan fingerprint density at radius 2 is 1.94 bits per heavy atom. The summed E-state index contributed by atoms with van der Waals surface area (Å²) in [7, 11) is 0. The minimum atomic E-state index is -0.798. The van der Waals surface area contributed by atoms with Crippen molar-refractivity contribution in [1.82, 2.24) is 0 Å². The summed E-state index contributed by atoms with van der Waals surface area (Å²) in [5, 5.41) is 9.13. The van der Waals surface area contributed by atoms with Gasteiger partial charge in [0.15, 0.2) is 0 Å². The lowest BCUT2D eigenvalue weighted by atomic mass is 9.84. The first-order valence-corrected chi connectivity index (χ1v) is 6.84. The molecular weight excluding hydrogens is 212 g/mol. The van der Waals surface area contributed by atoms with E-state index in [2.05, 4.69) is 12.7 Å². The fraction of sp³-hybridized carbons (Fsp3) is 0.733. The van der Waals surface area contributed by atoms with Gasteiger partial charge in [0.25, 0.3) is 0 Å². The quantitative estimate of drug-likeness (QED) is 0.570. The summed E-state index contributed by atoms with van der Waals surface area (Å²) in [6.45, 7) is 4.13. The molecule has 2 heteroatoms. The van der Waals surface area contributed by atoms with Gasteiger partial charge in [-0.2, -0.15) is 0 Å². The molecule has 0 amide bonds. The van der Waals surface area contributed by atoms with Gasteiger partial charge in [0.2, 0.25) is 0 Å². The minimum absolute atomic E-state index is 0.468. The summed E-state index contributed by atoms with van der Waals surface area (Å²) in [4.78, 5) is 11.1. The maximum atomic E-state index is 11.1. The van der Waals surface area contributed by atoms with Gasteiger partial charge in [0.05, 0.1) is 5.57 Å². The van der Waals surface area contributed by atoms with Crippen LogP contribution in [-0.2, 0) is 4.79 Å². The van der Waals surface area contributed by atoms with Crippen molar-refractivity contribution in [2.24, 2.45) is 5.92 Å². The topological polar surface area (TPSA) is 37.3 Å². The number of hydrogen-bond acceptors (Lipinski definition) is 1. The molecule has 0 aromatic heterocycles. The van der Waals surface area contributed by atoms with Crippen LogP contribution >= 0.6 is 0 Å². The Morgan fingerprint density at radius 1 is 1.29 bits per heavy atom. The summed E-state index contributed by atoms with van der Waals surface area (Å²) in [6, 6.07) is 0. The van der Waals surface area contributed by atoms with Crippen molar-refractivity contribution in [2.75, 3.05) is 0 Å². The summed E-state index contributed by atoms with van der Waals surface area (Å²) >= 11 is 0. The van der Waals surface area contributed by atoms with Crippen molar-refractivity contribution < 1.29 is 9.90 Å². The van der Waals surface area contributed by atoms with Crippen molar-refractivity contribution in [1.29, 1.82) is 0 Å². The van der Waals surface area contributed by atoms with Crippen molar-refractivity contribution in [3.8, 4) is 0 Å². The first kappa shape index (κ1) is 14.1. The van der Waals surface area contributed by atoms with E-state index in [-0.39, 0.29) is 0 Å². The molecule has 17 heavy (non-hydrogen) atoms. The third-order valence-electron chi connectivity index (χ3n) is 3.60. The first-order valence-electron chi connectivity index (χ1n) is 6.84. The highest BCUT2D eigenvalue weighted by Crippen LogP contribution is 2.29. The molecule has 0 aromatic rings. The third-order valence-corrected chi connectivity index (χ3v) is 3.60. The number of unbranched alkanes of at least 4 members (excludes halogenated alkanes) is 1. The zero-order chi connectivity index (χ0) is 12.7. The molecule has 0 spiro atoms. The van der Waals surface area contributed by atoms with E-state index in [0.29, 0.717) is 17.9 Å². The number of rotatable bonds is 5. The van der Waals surface area contributed by atoms with Gasteiger partial charge in [0.1, 0.15) is 0 Å². The molecule has 1 rings (SSSR count). The van der Waals surface area contributed by atoms with Crippen molar-refractivity contribution in [3.05, 3.63) is 16.9 Å². The van der Waals surface area contributed by atoms with E-state index in [9.17, 15) is 4.79 Å². The average molecular weight is 236 g/mol. The van der Waals surface area contributed by atoms with Crippen molar-refractivity contribution in [2.45, 2.75) is 65.2 Å². The smallest absolute Gasteiger partial charge is 0.339 e. The van der Waals surface area contributed by atoms with Gasteiger partial charge in [0, 0.05) is 0 Å². The molecule has 0 aliphatic heterocycles. The van der Waals surface area contributed by atoms with Gasteiger partial charge in [-0.25, -0.2) is 4.79 Å². The molecule has 0 radical (unpaired) electrons. The predicted molar refractivity (Wildman–Crippen MR) is 69.9 cm³/mol. The van der Waals surface area contributed by atoms with Crippen LogP contribution in [-0.4, -0.2) is 11.1 Å². The molecule has 2 nitrogen and oxygen atoms in total. The van der Waals surface area contributed by atoms with E-state index in [1.165, 1.54) is 32.1 Å². The number of carboxylic acid groups (broad SMARTS) is 1. The highest BCUT2D eigenvalue weighted by Gasteiger charge is 2.15. The van der Waals surface area contributed by atoms with E-state index < -0.39 is 5.97 Å². The highest BCUT2D eigenvalue weighted by atomic mass is 16.4. The lowest BCUT2D eigenvalue weighted by molar-refractivity contribution is -0.132. The number of carbonyl (C=O) groups is 1. The fourth-order valence-corrected chi connectivity index (χ4v) is 2.45. The van der Waals surface area contributed by atoms with Crippen LogP contribution in [0.3, 0.4) is 0 Å². The van der Waals surface area contributed by atoms with Crippen LogP contribution in [0.15, 0.2) is 16.9 Å². The zero-order valence-corrected chi connectivity index (χ0v) is 11.1. The van der Waals surface area contributed by atoms with Gasteiger partial charge in [-0.1, -0.05) is 32.6 Å². The fourth-order valence-electron chi connectivity index (χ4n) is 2.45. The summed E-state index contributed by atoms with van der Waals surface area (Å²) in [5.74, 6) is -0.228. The highest BCUT2D eigenvalue weighted by molar-refractivity contribution is 5.86. The first-order chi connectivity index (χ1) is 8.15. The van der Waals surface area contributed by atoms with Crippen LogP contribution in [0.1, 0.15) is 65.2 Å². The summed E-state index contributed by atoms with van der Waals surface area (Å²) in [5.41, 5.74) is 4.77. The Morgan fingerprint density at radius 3 is 2.47 bits per heavy atom. The molecule has 1 aliphatic rings. The SMILES string of the molecule is CCCCC(=C=C(C)C1CCCCC1)C(=O)O. The molecule has 0 bridgehead atoms. The largest absolute Gasteiger partial charge is 0.477 e. The standard InChI is InChI=1S/C15H24O2/c1-3-4-8-14(15(16)17)11-12(2)13-9-6-5-7-10-13/h13H,3-10H2,1-2H3,(H,16,17). The zero-order valence-electron chi connectivity index (χ0n) is 11.1. The second-order valence-electron chi connectivity index (χ2n) is 5.03. The molecule has 1 saturated carbocycles. The Balaban J connectivity index is 2.79. The Hall–Kier alpha value is -1.01. The van der Waals surface area contributed by atoms with Gasteiger partial charge in [-0.15, -0.1) is 5.73 Å². The molecule has 1 fully saturated rings. The van der Waals surface area contributed by atoms with E-state index >= 15 is 0 Å². The second-order valence-corrected chi connectivity index (χ2v) is 5.03. The van der Waals surface area contributed by atoms with E-state index in [1.807, 2.05) is 6.92 Å². The molecule has 0 saturated heterocycles. The maximum absolute atomic E-state index is 11.1. The van der Waals surface area contributed by atoms with Gasteiger partial charge in [-0.05, 0) is 44.1 Å². The van der Waals surface area contributed by atoms with E-state index in [1.54, 1.807) is 0 Å². The van der Waals surface area contributed by atoms with Crippen LogP contribution in [0.25, 0.3) is 0 Å². The molecule has 0 atom stereocenters. The monoisotopic (exact) mass is 236 g/mol. The number of hydrogen-bond donors (Lipinski definition) is 1. The lowest BCUT2D eigenvalue weighted by Crippen LogP contribution is -2.07. The molecular formula is C15H24O2. The van der Waals surface area contributed by atoms with Crippen LogP contribution < -0.4 is 0 Å². The normalized spacial score (nSPS) is 16.4. The van der Waals surface area contributed by atoms with Crippen LogP contribution in [0, 0.1) is 5.92 Å². The minimum Gasteiger partial charge on any atom is -0.477 e. The van der Waals surface area contributed by atoms with Crippen molar-refractivity contribution >= 4 is 5.97 Å². The van der Waals surface area contributed by atoms with Crippen LogP contribution in [0.2, 0.25) is 0 Å². The summed E-state index contributed by atoms with van der Waals surface area (Å²) in [6.07, 6.45) is 8.92. The van der Waals surface area contributed by atoms with Crippen LogP contribution in [0.5, 0.6) is 0 Å². The molecule has 0 unspecified atom stereocenters. The maximum Gasteiger partial charge on any atom is 0.339 e. The molecule has 1 aliphatic carbocycles. The van der Waals surface area contributed by atoms with Gasteiger partial charge < -0.3 is 5.11 Å². The van der Waals surface area contributed by atoms with Crippen molar-refractivity contribution in [3.63, 3.8) is 0 Å². The lowest BCUT2D eigenvalue weighted by Gasteiger charge is -2.21. The third kappa shape index (κ3) is 4.79. The summed E-state index contributed by atoms with van der Waals surface area (Å²) < 4.78 is 0. The van der Waals surface area contributed by atoms with E-state index in [0.717, 1.165) is 18.4 Å². The molecule has 1 N–H and O–H groups in total.